The second-order valence-electron chi connectivity index (χ2n) is 5.13. The lowest BCUT2D eigenvalue weighted by Gasteiger charge is -2.20. The number of nitrogens with zero attached hydrogens (tertiary/aromatic N) is 3. The fourth-order valence-electron chi connectivity index (χ4n) is 2.54. The van der Waals surface area contributed by atoms with Gasteiger partial charge in [0, 0.05) is 11.3 Å². The predicted molar refractivity (Wildman–Crippen MR) is 93.2 cm³/mol. The van der Waals surface area contributed by atoms with Crippen LogP contribution in [0.2, 0.25) is 0 Å². The zero-order chi connectivity index (χ0) is 17.0. The topological polar surface area (TPSA) is 73.9 Å². The molecule has 0 radical (unpaired) electrons. The van der Waals surface area contributed by atoms with Crippen molar-refractivity contribution in [2.45, 2.75) is 47.5 Å². The van der Waals surface area contributed by atoms with Gasteiger partial charge in [-0.25, -0.2) is 9.97 Å². The number of allylic oxidation sites excluding steroid dienone is 1. The minimum absolute atomic E-state index is 0.452. The number of nitrogen functional groups attached to an aromatic ring is 1. The van der Waals surface area contributed by atoms with Crippen molar-refractivity contribution in [2.24, 2.45) is 0 Å². The minimum Gasteiger partial charge on any atom is -0.455 e. The number of pyridine rings is 1. The van der Waals surface area contributed by atoms with E-state index in [1.54, 1.807) is 6.20 Å². The third kappa shape index (κ3) is 3.50. The van der Waals surface area contributed by atoms with Crippen LogP contribution in [0.25, 0.3) is 5.76 Å². The van der Waals surface area contributed by atoms with Gasteiger partial charge in [0.05, 0.1) is 17.5 Å². The van der Waals surface area contributed by atoms with Crippen LogP contribution in [0.1, 0.15) is 49.1 Å². The number of hydrogen-bond donors (Lipinski definition) is 1. The van der Waals surface area contributed by atoms with Crippen molar-refractivity contribution in [3.8, 4) is 5.75 Å². The molecule has 1 aliphatic rings. The Morgan fingerprint density at radius 2 is 1.96 bits per heavy atom. The highest BCUT2D eigenvalue weighted by Crippen LogP contribution is 2.33. The molecule has 0 spiro atoms. The Morgan fingerprint density at radius 3 is 2.61 bits per heavy atom. The molecule has 3 heterocycles. The summed E-state index contributed by atoms with van der Waals surface area (Å²) < 4.78 is 5.96. The minimum atomic E-state index is 0.452. The molecule has 2 N–H and O–H groups in total. The molecule has 23 heavy (non-hydrogen) atoms. The summed E-state index contributed by atoms with van der Waals surface area (Å²) in [6.45, 7) is 9.83. The van der Waals surface area contributed by atoms with Crippen LogP contribution in [-0.4, -0.2) is 15.0 Å². The summed E-state index contributed by atoms with van der Waals surface area (Å²) in [6.07, 6.45) is 5.52. The molecular formula is C18H24N4O. The van der Waals surface area contributed by atoms with Gasteiger partial charge in [0.1, 0.15) is 23.2 Å². The molecule has 2 aromatic heterocycles. The maximum absolute atomic E-state index is 6.03. The second-order valence-corrected chi connectivity index (χ2v) is 5.13. The molecule has 0 bridgehead atoms. The molecule has 0 amide bonds. The Morgan fingerprint density at radius 1 is 1.22 bits per heavy atom. The molecule has 5 heteroatoms. The highest BCUT2D eigenvalue weighted by molar-refractivity contribution is 5.73. The Kier molecular flexibility index (Phi) is 5.32. The quantitative estimate of drug-likeness (QED) is 0.916. The van der Waals surface area contributed by atoms with Crippen molar-refractivity contribution in [1.29, 1.82) is 0 Å². The zero-order valence-corrected chi connectivity index (χ0v) is 14.5. The van der Waals surface area contributed by atoms with Crippen LogP contribution in [0, 0.1) is 13.8 Å². The number of fused-ring (bicyclic) bond motifs is 1. The van der Waals surface area contributed by atoms with Crippen molar-refractivity contribution >= 4 is 11.6 Å². The van der Waals surface area contributed by atoms with Crippen molar-refractivity contribution in [3.63, 3.8) is 0 Å². The Hall–Kier alpha value is -2.43. The molecule has 1 aliphatic heterocycles. The van der Waals surface area contributed by atoms with Gasteiger partial charge in [-0.2, -0.15) is 0 Å². The number of hydrogen-bond acceptors (Lipinski definition) is 5. The van der Waals surface area contributed by atoms with Gasteiger partial charge in [0.15, 0.2) is 0 Å². The van der Waals surface area contributed by atoms with Crippen LogP contribution >= 0.6 is 0 Å². The van der Waals surface area contributed by atoms with Gasteiger partial charge < -0.3 is 10.5 Å². The number of rotatable bonds is 2. The van der Waals surface area contributed by atoms with Crippen LogP contribution in [0.4, 0.5) is 5.82 Å². The number of nitrogens with two attached hydrogens (primary N) is 1. The van der Waals surface area contributed by atoms with Crippen LogP contribution in [0.15, 0.2) is 18.3 Å². The maximum Gasteiger partial charge on any atom is 0.149 e. The van der Waals surface area contributed by atoms with Gasteiger partial charge >= 0.3 is 0 Å². The van der Waals surface area contributed by atoms with Crippen molar-refractivity contribution in [2.75, 3.05) is 5.73 Å². The fourth-order valence-corrected chi connectivity index (χ4v) is 2.54. The van der Waals surface area contributed by atoms with Crippen molar-refractivity contribution < 1.29 is 4.74 Å². The van der Waals surface area contributed by atoms with E-state index in [1.807, 2.05) is 33.8 Å². The molecule has 0 saturated heterocycles. The molecule has 0 atom stereocenters. The largest absolute Gasteiger partial charge is 0.455 e. The van der Waals surface area contributed by atoms with Crippen molar-refractivity contribution in [3.05, 3.63) is 46.7 Å². The monoisotopic (exact) mass is 312 g/mol. The molecular weight excluding hydrogens is 288 g/mol. The molecule has 0 saturated carbocycles. The van der Waals surface area contributed by atoms with Gasteiger partial charge in [-0.3, -0.25) is 4.98 Å². The van der Waals surface area contributed by atoms with Crippen molar-refractivity contribution in [1.82, 2.24) is 15.0 Å². The third-order valence-electron chi connectivity index (χ3n) is 3.57. The van der Waals surface area contributed by atoms with E-state index in [2.05, 4.69) is 27.9 Å². The number of ether oxygens (including phenoxy) is 1. The first-order valence-electron chi connectivity index (χ1n) is 8.05. The average Bonchev–Trinajstić information content (AvgIpc) is 2.55. The maximum atomic E-state index is 6.03. The van der Waals surface area contributed by atoms with Crippen LogP contribution in [0.3, 0.4) is 0 Å². The number of anilines is 1. The fraction of sp³-hybridized carbons (Fsp3) is 0.389. The number of aryl methyl sites for hydroxylation is 3. The van der Waals surface area contributed by atoms with Crippen LogP contribution in [0.5, 0.6) is 5.75 Å². The standard InChI is InChI=1S/C16H18N4O.C2H6/c1-4-12-7-11-5-6-13(21-14(11)8-18-12)15-9(2)19-10(3)20-16(15)17;1-2/h6-8H,4-5H2,1-3H3,(H2,17,19,20);1-2H3. The smallest absolute Gasteiger partial charge is 0.149 e. The first kappa shape index (κ1) is 16.9. The van der Waals surface area contributed by atoms with E-state index in [1.165, 1.54) is 0 Å². The van der Waals surface area contributed by atoms with E-state index in [-0.39, 0.29) is 0 Å². The summed E-state index contributed by atoms with van der Waals surface area (Å²) in [5.41, 5.74) is 9.85. The lowest BCUT2D eigenvalue weighted by atomic mass is 10.0. The van der Waals surface area contributed by atoms with Gasteiger partial charge in [-0.05, 0) is 38.8 Å². The Bertz CT molecular complexity index is 715. The van der Waals surface area contributed by atoms with Gasteiger partial charge in [0.25, 0.3) is 0 Å². The van der Waals surface area contributed by atoms with Crippen LogP contribution < -0.4 is 10.5 Å². The molecule has 0 aromatic carbocycles. The van der Waals surface area contributed by atoms with Crippen LogP contribution in [-0.2, 0) is 12.8 Å². The summed E-state index contributed by atoms with van der Waals surface area (Å²) in [4.78, 5) is 13.0. The molecule has 0 aliphatic carbocycles. The molecule has 3 rings (SSSR count). The molecule has 0 unspecified atom stereocenters. The SMILES string of the molecule is CC.CCc1cc2c(cn1)OC(c1c(C)nc(C)nc1N)=CC2. The Balaban J connectivity index is 0.000000924. The molecule has 2 aromatic rings. The lowest BCUT2D eigenvalue weighted by molar-refractivity contribution is 0.494. The molecule has 122 valence electrons. The van der Waals surface area contributed by atoms with E-state index in [9.17, 15) is 0 Å². The second kappa shape index (κ2) is 7.22. The van der Waals surface area contributed by atoms with Gasteiger partial charge in [-0.15, -0.1) is 0 Å². The average molecular weight is 312 g/mol. The normalized spacial score (nSPS) is 12.5. The first-order valence-corrected chi connectivity index (χ1v) is 8.05. The third-order valence-corrected chi connectivity index (χ3v) is 3.57. The van der Waals surface area contributed by atoms with E-state index in [4.69, 9.17) is 10.5 Å². The van der Waals surface area contributed by atoms with E-state index >= 15 is 0 Å². The van der Waals surface area contributed by atoms with E-state index < -0.39 is 0 Å². The summed E-state index contributed by atoms with van der Waals surface area (Å²) in [7, 11) is 0. The number of aromatic nitrogens is 3. The summed E-state index contributed by atoms with van der Waals surface area (Å²) in [5, 5.41) is 0. The summed E-state index contributed by atoms with van der Waals surface area (Å²) >= 11 is 0. The zero-order valence-electron chi connectivity index (χ0n) is 14.5. The van der Waals surface area contributed by atoms with E-state index in [0.29, 0.717) is 17.4 Å². The highest BCUT2D eigenvalue weighted by Gasteiger charge is 2.20. The van der Waals surface area contributed by atoms with E-state index in [0.717, 1.165) is 41.1 Å². The Labute approximate surface area is 137 Å². The lowest BCUT2D eigenvalue weighted by Crippen LogP contribution is -2.11. The predicted octanol–water partition coefficient (Wildman–Crippen LogP) is 3.64. The summed E-state index contributed by atoms with van der Waals surface area (Å²) in [5.74, 6) is 2.61. The highest BCUT2D eigenvalue weighted by atomic mass is 16.5. The first-order chi connectivity index (χ1) is 11.1. The molecule has 0 fully saturated rings. The van der Waals surface area contributed by atoms with Gasteiger partial charge in [0.2, 0.25) is 0 Å². The molecule has 5 nitrogen and oxygen atoms in total. The van der Waals surface area contributed by atoms with Gasteiger partial charge in [-0.1, -0.05) is 20.8 Å². The summed E-state index contributed by atoms with van der Waals surface area (Å²) in [6, 6.07) is 2.09.